The van der Waals surface area contributed by atoms with Crippen LogP contribution in [0.2, 0.25) is 0 Å². The molecular weight excluding hydrogens is 124 g/mol. The van der Waals surface area contributed by atoms with Crippen LogP contribution >= 0.6 is 0 Å². The van der Waals surface area contributed by atoms with Crippen LogP contribution in [0.15, 0.2) is 0 Å². The molecule has 0 aromatic heterocycles. The second kappa shape index (κ2) is 4.48. The van der Waals surface area contributed by atoms with E-state index in [4.69, 9.17) is 0 Å². The molecule has 1 heteroatoms. The van der Waals surface area contributed by atoms with E-state index in [-0.39, 0.29) is 5.92 Å². The maximum absolute atomic E-state index is 10.8. The third-order valence-electron chi connectivity index (χ3n) is 2.15. The summed E-state index contributed by atoms with van der Waals surface area (Å²) in [5.41, 5.74) is 0. The fourth-order valence-electron chi connectivity index (χ4n) is 0.936. The summed E-state index contributed by atoms with van der Waals surface area (Å²) in [6.45, 7) is 8.04. The van der Waals surface area contributed by atoms with Gasteiger partial charge in [-0.25, -0.2) is 0 Å². The quantitative estimate of drug-likeness (QED) is 0.589. The topological polar surface area (TPSA) is 17.1 Å². The van der Waals surface area contributed by atoms with Gasteiger partial charge in [-0.1, -0.05) is 27.2 Å². The number of carbonyl (C=O) groups excluding carboxylic acids is 1. The van der Waals surface area contributed by atoms with Gasteiger partial charge >= 0.3 is 0 Å². The Morgan fingerprint density at radius 3 is 2.20 bits per heavy atom. The first-order chi connectivity index (χ1) is 4.57. The third kappa shape index (κ3) is 3.65. The molecule has 0 saturated heterocycles. The van der Waals surface area contributed by atoms with E-state index in [2.05, 4.69) is 13.8 Å². The van der Waals surface area contributed by atoms with Crippen LogP contribution in [0, 0.1) is 11.8 Å². The zero-order chi connectivity index (χ0) is 8.15. The molecule has 0 unspecified atom stereocenters. The van der Waals surface area contributed by atoms with Crippen LogP contribution in [0.1, 0.15) is 40.5 Å². The minimum absolute atomic E-state index is 0.259. The van der Waals surface area contributed by atoms with Gasteiger partial charge in [0.25, 0.3) is 0 Å². The van der Waals surface area contributed by atoms with Crippen molar-refractivity contribution >= 4 is 5.78 Å². The first-order valence-electron chi connectivity index (χ1n) is 4.08. The van der Waals surface area contributed by atoms with E-state index in [1.165, 1.54) is 6.42 Å². The Morgan fingerprint density at radius 2 is 1.90 bits per heavy atom. The summed E-state index contributed by atoms with van der Waals surface area (Å²) in [4.78, 5) is 10.8. The number of carbonyl (C=O) groups is 1. The van der Waals surface area contributed by atoms with E-state index < -0.39 is 0 Å². The van der Waals surface area contributed by atoms with Crippen molar-refractivity contribution in [3.8, 4) is 0 Å². The Morgan fingerprint density at radius 1 is 1.40 bits per heavy atom. The molecule has 0 fully saturated rings. The van der Waals surface area contributed by atoms with Gasteiger partial charge in [0.2, 0.25) is 0 Å². The lowest BCUT2D eigenvalue weighted by Crippen LogP contribution is -2.10. The van der Waals surface area contributed by atoms with Crippen molar-refractivity contribution in [3.63, 3.8) is 0 Å². The molecule has 1 nitrogen and oxygen atoms in total. The van der Waals surface area contributed by atoms with E-state index >= 15 is 0 Å². The van der Waals surface area contributed by atoms with Crippen LogP contribution < -0.4 is 0 Å². The van der Waals surface area contributed by atoms with Crippen LogP contribution in [-0.2, 0) is 4.79 Å². The summed E-state index contributed by atoms with van der Waals surface area (Å²) in [5, 5.41) is 0. The second-order valence-electron chi connectivity index (χ2n) is 3.26. The largest absolute Gasteiger partial charge is 0.300 e. The standard InChI is InChI=1S/C9H18O/c1-5-7(2)6-8(3)9(4)10/h7-8H,5-6H2,1-4H3/t7-,8+/m0/s1. The Labute approximate surface area is 63.8 Å². The molecule has 2 atom stereocenters. The Hall–Kier alpha value is -0.330. The predicted molar refractivity (Wildman–Crippen MR) is 43.9 cm³/mol. The van der Waals surface area contributed by atoms with Gasteiger partial charge in [0.1, 0.15) is 5.78 Å². The lowest BCUT2D eigenvalue weighted by Gasteiger charge is -2.11. The molecule has 0 aromatic rings. The molecule has 0 aromatic carbocycles. The van der Waals surface area contributed by atoms with Gasteiger partial charge in [0, 0.05) is 5.92 Å². The highest BCUT2D eigenvalue weighted by Crippen LogP contribution is 2.14. The molecule has 10 heavy (non-hydrogen) atoms. The van der Waals surface area contributed by atoms with Crippen LogP contribution in [0.25, 0.3) is 0 Å². The van der Waals surface area contributed by atoms with Crippen molar-refractivity contribution in [1.29, 1.82) is 0 Å². The third-order valence-corrected chi connectivity index (χ3v) is 2.15. The fraction of sp³-hybridized carbons (Fsp3) is 0.889. The monoisotopic (exact) mass is 142 g/mol. The summed E-state index contributed by atoms with van der Waals surface area (Å²) in [7, 11) is 0. The van der Waals surface area contributed by atoms with E-state index in [0.29, 0.717) is 11.7 Å². The molecular formula is C9H18O. The molecule has 0 heterocycles. The zero-order valence-electron chi connectivity index (χ0n) is 7.48. The maximum Gasteiger partial charge on any atom is 0.132 e. The van der Waals surface area contributed by atoms with E-state index in [9.17, 15) is 4.79 Å². The minimum Gasteiger partial charge on any atom is -0.300 e. The molecule has 0 aliphatic carbocycles. The first kappa shape index (κ1) is 9.67. The lowest BCUT2D eigenvalue weighted by atomic mass is 9.93. The van der Waals surface area contributed by atoms with E-state index in [0.717, 1.165) is 6.42 Å². The van der Waals surface area contributed by atoms with Gasteiger partial charge in [-0.05, 0) is 19.3 Å². The number of rotatable bonds is 4. The normalized spacial score (nSPS) is 16.4. The molecule has 0 bridgehead atoms. The lowest BCUT2D eigenvalue weighted by molar-refractivity contribution is -0.120. The molecule has 60 valence electrons. The van der Waals surface area contributed by atoms with Crippen LogP contribution in [0.4, 0.5) is 0 Å². The highest BCUT2D eigenvalue weighted by atomic mass is 16.1. The Kier molecular flexibility index (Phi) is 4.33. The number of hydrogen-bond acceptors (Lipinski definition) is 1. The molecule has 0 saturated carbocycles. The fourth-order valence-corrected chi connectivity index (χ4v) is 0.936. The molecule has 0 spiro atoms. The molecule has 0 rings (SSSR count). The summed E-state index contributed by atoms with van der Waals surface area (Å²) in [6.07, 6.45) is 2.23. The minimum atomic E-state index is 0.259. The molecule has 0 aliphatic rings. The van der Waals surface area contributed by atoms with Gasteiger partial charge in [-0.15, -0.1) is 0 Å². The van der Waals surface area contributed by atoms with Gasteiger partial charge in [-0.3, -0.25) is 4.79 Å². The number of Topliss-reactive ketones (excluding diaryl/α,β-unsaturated/α-hetero) is 1. The van der Waals surface area contributed by atoms with Crippen molar-refractivity contribution in [2.75, 3.05) is 0 Å². The molecule has 0 radical (unpaired) electrons. The van der Waals surface area contributed by atoms with Crippen LogP contribution in [0.5, 0.6) is 0 Å². The van der Waals surface area contributed by atoms with E-state index in [1.807, 2.05) is 6.92 Å². The molecule has 0 N–H and O–H groups in total. The average Bonchev–Trinajstić information content (AvgIpc) is 1.87. The second-order valence-corrected chi connectivity index (χ2v) is 3.26. The smallest absolute Gasteiger partial charge is 0.132 e. The van der Waals surface area contributed by atoms with Crippen molar-refractivity contribution in [3.05, 3.63) is 0 Å². The summed E-state index contributed by atoms with van der Waals surface area (Å²) >= 11 is 0. The SMILES string of the molecule is CC[C@H](C)C[C@@H](C)C(C)=O. The van der Waals surface area contributed by atoms with Gasteiger partial charge in [-0.2, -0.15) is 0 Å². The summed E-state index contributed by atoms with van der Waals surface area (Å²) in [6, 6.07) is 0. The van der Waals surface area contributed by atoms with Gasteiger partial charge < -0.3 is 0 Å². The predicted octanol–water partition coefficient (Wildman–Crippen LogP) is 2.65. The zero-order valence-corrected chi connectivity index (χ0v) is 7.48. The van der Waals surface area contributed by atoms with Crippen molar-refractivity contribution < 1.29 is 4.79 Å². The summed E-state index contributed by atoms with van der Waals surface area (Å²) in [5.74, 6) is 1.27. The van der Waals surface area contributed by atoms with E-state index in [1.54, 1.807) is 6.92 Å². The number of ketones is 1. The van der Waals surface area contributed by atoms with Crippen molar-refractivity contribution in [2.24, 2.45) is 11.8 Å². The van der Waals surface area contributed by atoms with Gasteiger partial charge in [0.05, 0.1) is 0 Å². The number of hydrogen-bond donors (Lipinski definition) is 0. The highest BCUT2D eigenvalue weighted by Gasteiger charge is 2.10. The van der Waals surface area contributed by atoms with Crippen molar-refractivity contribution in [1.82, 2.24) is 0 Å². The van der Waals surface area contributed by atoms with Crippen LogP contribution in [0.3, 0.4) is 0 Å². The van der Waals surface area contributed by atoms with Crippen molar-refractivity contribution in [2.45, 2.75) is 40.5 Å². The molecule has 0 aliphatic heterocycles. The summed E-state index contributed by atoms with van der Waals surface area (Å²) < 4.78 is 0. The molecule has 0 amide bonds. The highest BCUT2D eigenvalue weighted by molar-refractivity contribution is 5.77. The maximum atomic E-state index is 10.8. The Balaban J connectivity index is 3.56. The van der Waals surface area contributed by atoms with Gasteiger partial charge in [0.15, 0.2) is 0 Å². The first-order valence-corrected chi connectivity index (χ1v) is 4.08. The average molecular weight is 142 g/mol. The van der Waals surface area contributed by atoms with Crippen LogP contribution in [-0.4, -0.2) is 5.78 Å². The Bertz CT molecular complexity index is 107.